The smallest absolute Gasteiger partial charge is 0.118 e. The fraction of sp³-hybridized carbons (Fsp3) is 0.143. The molecule has 0 saturated heterocycles. The van der Waals surface area contributed by atoms with Gasteiger partial charge in [-0.25, -0.2) is 0 Å². The number of rotatable bonds is 2. The van der Waals surface area contributed by atoms with Crippen molar-refractivity contribution in [3.8, 4) is 5.75 Å². The van der Waals surface area contributed by atoms with Crippen LogP contribution in [0, 0.1) is 0 Å². The Morgan fingerprint density at radius 3 is 2.30 bits per heavy atom. The summed E-state index contributed by atoms with van der Waals surface area (Å²) in [5.41, 5.74) is 0. The molecule has 1 aromatic rings. The van der Waals surface area contributed by atoms with E-state index >= 15 is 0 Å². The molecule has 3 heteroatoms. The van der Waals surface area contributed by atoms with E-state index in [0.29, 0.717) is 0 Å². The number of hydrogen-bond donors (Lipinski definition) is 0. The van der Waals surface area contributed by atoms with Gasteiger partial charge in [-0.3, -0.25) is 0 Å². The molecule has 0 aliphatic carbocycles. The maximum absolute atomic E-state index is 10.3. The average molecular weight is 155 g/mol. The Bertz CT molecular complexity index is 172. The highest BCUT2D eigenvalue weighted by atomic mass is 31.1. The SMILES string of the molecule is COc1ccc(P[O-])cc1. The summed E-state index contributed by atoms with van der Waals surface area (Å²) < 4.78 is 4.91. The van der Waals surface area contributed by atoms with Crippen LogP contribution in [0.4, 0.5) is 0 Å². The molecule has 0 radical (unpaired) electrons. The van der Waals surface area contributed by atoms with Crippen LogP contribution in [0.2, 0.25) is 0 Å². The van der Waals surface area contributed by atoms with E-state index in [9.17, 15) is 4.89 Å². The Morgan fingerprint density at radius 2 is 1.90 bits per heavy atom. The molecule has 0 spiro atoms. The first-order valence-corrected chi connectivity index (χ1v) is 3.80. The molecule has 0 bridgehead atoms. The van der Waals surface area contributed by atoms with Gasteiger partial charge in [-0.2, -0.15) is 8.81 Å². The lowest BCUT2D eigenvalue weighted by atomic mass is 10.3. The minimum absolute atomic E-state index is 0.378. The summed E-state index contributed by atoms with van der Waals surface area (Å²) in [7, 11) is 1.23. The second-order valence-corrected chi connectivity index (χ2v) is 2.61. The molecular weight excluding hydrogens is 147 g/mol. The van der Waals surface area contributed by atoms with Crippen molar-refractivity contribution in [1.82, 2.24) is 0 Å². The number of methoxy groups -OCH3 is 1. The van der Waals surface area contributed by atoms with Crippen LogP contribution < -0.4 is 14.9 Å². The molecule has 0 fully saturated rings. The van der Waals surface area contributed by atoms with Gasteiger partial charge in [-0.05, 0) is 17.4 Å². The number of ether oxygens (including phenoxy) is 1. The van der Waals surface area contributed by atoms with E-state index in [4.69, 9.17) is 4.74 Å². The molecule has 0 aliphatic heterocycles. The van der Waals surface area contributed by atoms with Crippen molar-refractivity contribution in [2.24, 2.45) is 0 Å². The van der Waals surface area contributed by atoms with Gasteiger partial charge in [0.2, 0.25) is 0 Å². The van der Waals surface area contributed by atoms with Crippen molar-refractivity contribution in [2.75, 3.05) is 7.11 Å². The van der Waals surface area contributed by atoms with E-state index in [0.717, 1.165) is 11.1 Å². The van der Waals surface area contributed by atoms with Crippen molar-refractivity contribution in [1.29, 1.82) is 0 Å². The highest BCUT2D eigenvalue weighted by Crippen LogP contribution is 2.08. The first-order chi connectivity index (χ1) is 4.86. The van der Waals surface area contributed by atoms with E-state index < -0.39 is 0 Å². The van der Waals surface area contributed by atoms with E-state index in [-0.39, 0.29) is 8.81 Å². The van der Waals surface area contributed by atoms with Crippen LogP contribution in [0.25, 0.3) is 0 Å². The molecule has 0 saturated carbocycles. The molecule has 1 aromatic carbocycles. The second-order valence-electron chi connectivity index (χ2n) is 1.83. The summed E-state index contributed by atoms with van der Waals surface area (Å²) in [5.74, 6) is 0.794. The third kappa shape index (κ3) is 1.69. The van der Waals surface area contributed by atoms with Gasteiger partial charge >= 0.3 is 0 Å². The Balaban J connectivity index is 2.80. The van der Waals surface area contributed by atoms with Crippen molar-refractivity contribution in [2.45, 2.75) is 0 Å². The van der Waals surface area contributed by atoms with Crippen LogP contribution in [0.1, 0.15) is 0 Å². The zero-order valence-electron chi connectivity index (χ0n) is 5.63. The van der Waals surface area contributed by atoms with Crippen LogP contribution >= 0.6 is 8.81 Å². The van der Waals surface area contributed by atoms with Gasteiger partial charge in [0.05, 0.1) is 7.11 Å². The minimum Gasteiger partial charge on any atom is -0.828 e. The molecule has 0 N–H and O–H groups in total. The summed E-state index contributed by atoms with van der Waals surface area (Å²) in [6.07, 6.45) is 0. The molecule has 2 nitrogen and oxygen atoms in total. The topological polar surface area (TPSA) is 32.3 Å². The van der Waals surface area contributed by atoms with Gasteiger partial charge in [0.1, 0.15) is 5.75 Å². The molecular formula is C7H8O2P-. The molecule has 1 atom stereocenters. The molecule has 0 heterocycles. The fourth-order valence-corrected chi connectivity index (χ4v) is 0.962. The van der Waals surface area contributed by atoms with Crippen LogP contribution in [-0.2, 0) is 0 Å². The predicted molar refractivity (Wildman–Crippen MR) is 40.9 cm³/mol. The van der Waals surface area contributed by atoms with Gasteiger partial charge in [-0.15, -0.1) is 0 Å². The van der Waals surface area contributed by atoms with E-state index in [2.05, 4.69) is 0 Å². The van der Waals surface area contributed by atoms with Gasteiger partial charge in [0, 0.05) is 0 Å². The van der Waals surface area contributed by atoms with Crippen molar-refractivity contribution in [3.05, 3.63) is 24.3 Å². The summed E-state index contributed by atoms with van der Waals surface area (Å²) in [5, 5.41) is 0.820. The molecule has 0 amide bonds. The van der Waals surface area contributed by atoms with Crippen LogP contribution in [0.15, 0.2) is 24.3 Å². The quantitative estimate of drug-likeness (QED) is 0.574. The van der Waals surface area contributed by atoms with Gasteiger partial charge < -0.3 is 9.63 Å². The first kappa shape index (κ1) is 7.52. The fourth-order valence-electron chi connectivity index (χ4n) is 0.659. The molecule has 1 rings (SSSR count). The maximum Gasteiger partial charge on any atom is 0.118 e. The molecule has 1 unspecified atom stereocenters. The van der Waals surface area contributed by atoms with E-state index in [1.165, 1.54) is 0 Å². The van der Waals surface area contributed by atoms with E-state index in [1.807, 2.05) is 0 Å². The lowest BCUT2D eigenvalue weighted by Gasteiger charge is -2.04. The maximum atomic E-state index is 10.3. The predicted octanol–water partition coefficient (Wildman–Crippen LogP) is 0.274. The van der Waals surface area contributed by atoms with E-state index in [1.54, 1.807) is 31.4 Å². The first-order valence-electron chi connectivity index (χ1n) is 2.89. The Kier molecular flexibility index (Phi) is 2.67. The summed E-state index contributed by atoms with van der Waals surface area (Å²) in [4.78, 5) is 10.3. The van der Waals surface area contributed by atoms with Gasteiger partial charge in [0.15, 0.2) is 0 Å². The molecule has 10 heavy (non-hydrogen) atoms. The van der Waals surface area contributed by atoms with Crippen molar-refractivity contribution in [3.63, 3.8) is 0 Å². The average Bonchev–Trinajstić information content (AvgIpc) is 2.05. The summed E-state index contributed by atoms with van der Waals surface area (Å²) in [6.45, 7) is 0. The monoisotopic (exact) mass is 155 g/mol. The Labute approximate surface area is 61.7 Å². The standard InChI is InChI=1S/C7H8O2P/c1-9-6-2-4-7(10-8)5-3-6/h2-5,10H,1H3/q-1. The molecule has 0 aromatic heterocycles. The van der Waals surface area contributed by atoms with Crippen LogP contribution in [-0.4, -0.2) is 7.11 Å². The third-order valence-corrected chi connectivity index (χ3v) is 1.78. The number of benzene rings is 1. The highest BCUT2D eigenvalue weighted by Gasteiger charge is 1.86. The Hall–Kier alpha value is -0.590. The van der Waals surface area contributed by atoms with Crippen LogP contribution in [0.3, 0.4) is 0 Å². The van der Waals surface area contributed by atoms with Gasteiger partial charge in [0.25, 0.3) is 0 Å². The summed E-state index contributed by atoms with van der Waals surface area (Å²) >= 11 is 0. The lowest BCUT2D eigenvalue weighted by Crippen LogP contribution is -1.99. The molecule has 54 valence electrons. The highest BCUT2D eigenvalue weighted by molar-refractivity contribution is 7.39. The normalized spacial score (nSPS) is 10.6. The lowest BCUT2D eigenvalue weighted by molar-refractivity contribution is -0.147. The summed E-state index contributed by atoms with van der Waals surface area (Å²) in [6, 6.07) is 7.15. The van der Waals surface area contributed by atoms with Crippen LogP contribution in [0.5, 0.6) is 5.75 Å². The van der Waals surface area contributed by atoms with Crippen molar-refractivity contribution >= 4 is 14.1 Å². The number of hydrogen-bond acceptors (Lipinski definition) is 2. The third-order valence-electron chi connectivity index (χ3n) is 1.21. The second kappa shape index (κ2) is 3.55. The zero-order valence-corrected chi connectivity index (χ0v) is 6.63. The minimum atomic E-state index is -0.378. The Morgan fingerprint density at radius 1 is 1.30 bits per heavy atom. The largest absolute Gasteiger partial charge is 0.828 e. The molecule has 0 aliphatic rings. The van der Waals surface area contributed by atoms with Crippen molar-refractivity contribution < 1.29 is 9.63 Å². The van der Waals surface area contributed by atoms with Gasteiger partial charge in [-0.1, -0.05) is 12.1 Å². The zero-order chi connectivity index (χ0) is 7.40.